The Hall–Kier alpha value is -1.37. The molecule has 0 aromatic heterocycles. The Kier molecular flexibility index (Phi) is 7.45. The van der Waals surface area contributed by atoms with Crippen molar-refractivity contribution in [2.45, 2.75) is 32.6 Å². The van der Waals surface area contributed by atoms with Crippen LogP contribution in [-0.4, -0.2) is 25.8 Å². The Balaban J connectivity index is 3.32. The molecule has 0 aliphatic rings. The fourth-order valence-electron chi connectivity index (χ4n) is 2.07. The van der Waals surface area contributed by atoms with E-state index >= 15 is 0 Å². The molecule has 1 unspecified atom stereocenters. The number of carbonyl (C=O) groups excluding carboxylic acids is 1. The topological polar surface area (TPSA) is 61.8 Å². The number of benzene rings is 1. The van der Waals surface area contributed by atoms with Gasteiger partial charge < -0.3 is 13.8 Å². The van der Waals surface area contributed by atoms with Crippen molar-refractivity contribution in [2.24, 2.45) is 0 Å². The van der Waals surface area contributed by atoms with Crippen LogP contribution < -0.4 is 0 Å². The lowest BCUT2D eigenvalue weighted by Gasteiger charge is -2.25. The van der Waals surface area contributed by atoms with E-state index in [0.717, 1.165) is 24.3 Å². The number of halogens is 3. The van der Waals surface area contributed by atoms with E-state index in [1.807, 2.05) is 0 Å². The highest BCUT2D eigenvalue weighted by atomic mass is 31.2. The van der Waals surface area contributed by atoms with E-state index in [0.29, 0.717) is 0 Å². The Morgan fingerprint density at radius 1 is 1.04 bits per heavy atom. The molecule has 0 heterocycles. The van der Waals surface area contributed by atoms with E-state index < -0.39 is 31.0 Å². The number of rotatable bonds is 8. The van der Waals surface area contributed by atoms with Crippen LogP contribution in [0.25, 0.3) is 0 Å². The number of ether oxygens (including phenoxy) is 1. The van der Waals surface area contributed by atoms with Gasteiger partial charge in [-0.05, 0) is 38.5 Å². The molecule has 24 heavy (non-hydrogen) atoms. The summed E-state index contributed by atoms with van der Waals surface area (Å²) in [5, 5.41) is 0. The third-order valence-electron chi connectivity index (χ3n) is 3.00. The summed E-state index contributed by atoms with van der Waals surface area (Å²) in [6.45, 7) is 4.74. The van der Waals surface area contributed by atoms with Crippen LogP contribution in [0.1, 0.15) is 37.6 Å². The molecule has 0 aliphatic carbocycles. The highest BCUT2D eigenvalue weighted by Crippen LogP contribution is 2.61. The minimum absolute atomic E-state index is 0.00776. The maximum Gasteiger partial charge on any atom is 0.416 e. The first-order valence-corrected chi connectivity index (χ1v) is 9.03. The van der Waals surface area contributed by atoms with Gasteiger partial charge in [0.25, 0.3) is 0 Å². The fraction of sp³-hybridized carbons (Fsp3) is 0.533. The minimum Gasteiger partial charge on any atom is -0.465 e. The maximum atomic E-state index is 12.9. The van der Waals surface area contributed by atoms with E-state index in [1.165, 1.54) is 0 Å². The first kappa shape index (κ1) is 20.7. The van der Waals surface area contributed by atoms with Crippen molar-refractivity contribution in [3.05, 3.63) is 35.4 Å². The second-order valence-corrected chi connectivity index (χ2v) is 6.76. The molecule has 1 atom stereocenters. The van der Waals surface area contributed by atoms with Crippen molar-refractivity contribution in [2.75, 3.05) is 19.8 Å². The van der Waals surface area contributed by atoms with Crippen LogP contribution in [0.4, 0.5) is 13.2 Å². The molecule has 0 N–H and O–H groups in total. The zero-order valence-electron chi connectivity index (χ0n) is 13.6. The van der Waals surface area contributed by atoms with Gasteiger partial charge in [0.05, 0.1) is 25.4 Å². The third kappa shape index (κ3) is 5.06. The molecule has 0 bridgehead atoms. The van der Waals surface area contributed by atoms with Gasteiger partial charge in [-0.25, -0.2) is 0 Å². The molecule has 1 rings (SSSR count). The van der Waals surface area contributed by atoms with Gasteiger partial charge >= 0.3 is 19.7 Å². The molecule has 0 aliphatic heterocycles. The quantitative estimate of drug-likeness (QED) is 0.497. The molecule has 136 valence electrons. The lowest BCUT2D eigenvalue weighted by Crippen LogP contribution is -2.19. The average molecular weight is 368 g/mol. The number of esters is 1. The highest BCUT2D eigenvalue weighted by Gasteiger charge is 2.44. The zero-order chi connectivity index (χ0) is 18.4. The summed E-state index contributed by atoms with van der Waals surface area (Å²) in [4.78, 5) is 12.2. The van der Waals surface area contributed by atoms with E-state index in [4.69, 9.17) is 13.8 Å². The van der Waals surface area contributed by atoms with Crippen LogP contribution >= 0.6 is 7.60 Å². The zero-order valence-corrected chi connectivity index (χ0v) is 14.5. The third-order valence-corrected chi connectivity index (χ3v) is 5.38. The van der Waals surface area contributed by atoms with Crippen molar-refractivity contribution in [3.63, 3.8) is 0 Å². The predicted octanol–water partition coefficient (Wildman–Crippen LogP) is 4.58. The van der Waals surface area contributed by atoms with Gasteiger partial charge in [0.1, 0.15) is 0 Å². The van der Waals surface area contributed by atoms with Gasteiger partial charge in [0.15, 0.2) is 5.66 Å². The molecule has 0 spiro atoms. The van der Waals surface area contributed by atoms with Crippen molar-refractivity contribution >= 4 is 13.6 Å². The Bertz CT molecular complexity index is 576. The summed E-state index contributed by atoms with van der Waals surface area (Å²) in [5.41, 5.74) is -2.25. The second-order valence-electron chi connectivity index (χ2n) is 4.65. The Labute approximate surface area is 138 Å². The van der Waals surface area contributed by atoms with Gasteiger partial charge in [-0.1, -0.05) is 12.1 Å². The van der Waals surface area contributed by atoms with Crippen molar-refractivity contribution in [3.8, 4) is 0 Å². The van der Waals surface area contributed by atoms with E-state index in [1.54, 1.807) is 20.8 Å². The molecule has 1 aromatic rings. The van der Waals surface area contributed by atoms with Gasteiger partial charge in [-0.3, -0.25) is 9.36 Å². The van der Waals surface area contributed by atoms with Crippen molar-refractivity contribution in [1.29, 1.82) is 0 Å². The smallest absolute Gasteiger partial charge is 0.416 e. The Morgan fingerprint density at radius 2 is 1.54 bits per heavy atom. The van der Waals surface area contributed by atoms with Crippen LogP contribution in [0.5, 0.6) is 0 Å². The van der Waals surface area contributed by atoms with Gasteiger partial charge in [0, 0.05) is 0 Å². The molecule has 0 amide bonds. The Morgan fingerprint density at radius 3 is 1.92 bits per heavy atom. The van der Waals surface area contributed by atoms with Crippen LogP contribution in [-0.2, 0) is 29.3 Å². The SMILES string of the molecule is CCOC(=O)C(c1ccc(C(F)(F)F)cc1)P(=O)(OCC)OCC. The van der Waals surface area contributed by atoms with E-state index in [9.17, 15) is 22.5 Å². The molecule has 1 aromatic carbocycles. The number of hydrogen-bond donors (Lipinski definition) is 0. The summed E-state index contributed by atoms with van der Waals surface area (Å²) >= 11 is 0. The lowest BCUT2D eigenvalue weighted by atomic mass is 10.1. The second kappa shape index (κ2) is 8.65. The predicted molar refractivity (Wildman–Crippen MR) is 81.7 cm³/mol. The summed E-state index contributed by atoms with van der Waals surface area (Å²) in [7, 11) is -3.95. The minimum atomic E-state index is -4.51. The van der Waals surface area contributed by atoms with Crippen molar-refractivity contribution < 1.29 is 36.3 Å². The van der Waals surface area contributed by atoms with Crippen LogP contribution in [0, 0.1) is 0 Å². The summed E-state index contributed by atoms with van der Waals surface area (Å²) < 4.78 is 66.2. The van der Waals surface area contributed by atoms with Gasteiger partial charge in [0.2, 0.25) is 0 Å². The van der Waals surface area contributed by atoms with Crippen LogP contribution in [0.2, 0.25) is 0 Å². The average Bonchev–Trinajstić information content (AvgIpc) is 2.47. The highest BCUT2D eigenvalue weighted by molar-refractivity contribution is 7.55. The van der Waals surface area contributed by atoms with E-state index in [2.05, 4.69) is 0 Å². The molecule has 0 saturated heterocycles. The first-order valence-electron chi connectivity index (χ1n) is 7.42. The first-order chi connectivity index (χ1) is 11.2. The van der Waals surface area contributed by atoms with Crippen molar-refractivity contribution in [1.82, 2.24) is 0 Å². The number of alkyl halides is 3. The number of hydrogen-bond acceptors (Lipinski definition) is 5. The molecular weight excluding hydrogens is 348 g/mol. The molecule has 9 heteroatoms. The van der Waals surface area contributed by atoms with Gasteiger partial charge in [-0.15, -0.1) is 0 Å². The monoisotopic (exact) mass is 368 g/mol. The molecule has 5 nitrogen and oxygen atoms in total. The molecule has 0 radical (unpaired) electrons. The molecular formula is C15H20F3O5P. The lowest BCUT2D eigenvalue weighted by molar-refractivity contribution is -0.143. The van der Waals surface area contributed by atoms with E-state index in [-0.39, 0.29) is 25.4 Å². The largest absolute Gasteiger partial charge is 0.465 e. The summed E-state index contributed by atoms with van der Waals surface area (Å²) in [6, 6.07) is 3.78. The standard InChI is InChI=1S/C15H20F3O5P/c1-4-21-14(19)13(24(20,22-5-2)23-6-3)11-7-9-12(10-8-11)15(16,17)18/h7-10,13H,4-6H2,1-3H3. The molecule has 0 saturated carbocycles. The van der Waals surface area contributed by atoms with Crippen LogP contribution in [0.3, 0.4) is 0 Å². The fourth-order valence-corrected chi connectivity index (χ4v) is 4.03. The summed E-state index contributed by atoms with van der Waals surface area (Å²) in [6.07, 6.45) is -4.51. The normalized spacial score (nSPS) is 13.6. The summed E-state index contributed by atoms with van der Waals surface area (Å²) in [5.74, 6) is -0.873. The number of carbonyl (C=O) groups is 1. The van der Waals surface area contributed by atoms with Crippen LogP contribution in [0.15, 0.2) is 24.3 Å². The molecule has 0 fully saturated rings. The van der Waals surface area contributed by atoms with Gasteiger partial charge in [-0.2, -0.15) is 13.2 Å². The maximum absolute atomic E-state index is 12.9.